The molecule has 6 nitrogen and oxygen atoms in total. The second kappa shape index (κ2) is 4.14. The second-order valence-electron chi connectivity index (χ2n) is 4.38. The second-order valence-corrected chi connectivity index (χ2v) is 4.38. The first-order valence-electron chi connectivity index (χ1n) is 5.78. The molecule has 0 bridgehead atoms. The van der Waals surface area contributed by atoms with E-state index in [1.54, 1.807) is 18.5 Å². The topological polar surface area (TPSA) is 85.8 Å². The molecule has 0 aromatic carbocycles. The van der Waals surface area contributed by atoms with Gasteiger partial charge in [-0.3, -0.25) is 4.79 Å². The third-order valence-electron chi connectivity index (χ3n) is 2.86. The van der Waals surface area contributed by atoms with Crippen molar-refractivity contribution in [2.45, 2.75) is 18.9 Å². The number of amides is 1. The number of nitrogens with one attached hydrogen (secondary N) is 1. The molecule has 3 rings (SSSR count). The number of carbonyl (C=O) groups excluding carboxylic acids is 1. The number of aromatic nitrogens is 3. The van der Waals surface area contributed by atoms with Gasteiger partial charge in [-0.2, -0.15) is 0 Å². The van der Waals surface area contributed by atoms with E-state index in [4.69, 9.17) is 5.73 Å². The van der Waals surface area contributed by atoms with E-state index in [1.165, 1.54) is 6.33 Å². The van der Waals surface area contributed by atoms with E-state index in [1.807, 2.05) is 10.8 Å². The Labute approximate surface area is 104 Å². The summed E-state index contributed by atoms with van der Waals surface area (Å²) in [6.45, 7) is 0. The minimum absolute atomic E-state index is 0.187. The van der Waals surface area contributed by atoms with Crippen molar-refractivity contribution in [2.24, 2.45) is 0 Å². The molecule has 2 aromatic heterocycles. The molecule has 1 aliphatic rings. The van der Waals surface area contributed by atoms with Gasteiger partial charge in [0.2, 0.25) is 0 Å². The maximum atomic E-state index is 12.1. The number of hydrogen-bond acceptors (Lipinski definition) is 4. The molecule has 18 heavy (non-hydrogen) atoms. The summed E-state index contributed by atoms with van der Waals surface area (Å²) < 4.78 is 1.94. The van der Waals surface area contributed by atoms with Gasteiger partial charge in [0.15, 0.2) is 0 Å². The zero-order valence-corrected chi connectivity index (χ0v) is 9.71. The molecule has 3 N–H and O–H groups in total. The number of hydrogen-bond donors (Lipinski definition) is 2. The Balaban J connectivity index is 1.84. The Kier molecular flexibility index (Phi) is 2.47. The smallest absolute Gasteiger partial charge is 0.272 e. The normalized spacial score (nSPS) is 14.4. The van der Waals surface area contributed by atoms with Gasteiger partial charge in [-0.25, -0.2) is 9.97 Å². The largest absolute Gasteiger partial charge is 0.397 e. The van der Waals surface area contributed by atoms with Crippen LogP contribution in [-0.2, 0) is 0 Å². The van der Waals surface area contributed by atoms with Crippen molar-refractivity contribution in [3.8, 4) is 0 Å². The molecule has 0 spiro atoms. The van der Waals surface area contributed by atoms with Crippen molar-refractivity contribution in [1.82, 2.24) is 14.5 Å². The molecule has 1 aliphatic carbocycles. The molecule has 2 aromatic rings. The molecule has 1 saturated carbocycles. The van der Waals surface area contributed by atoms with E-state index >= 15 is 0 Å². The maximum absolute atomic E-state index is 12.1. The standard InChI is InChI=1S/C12H13N5O/c13-8-3-11(17(6-8)10-1-2-10)12(18)16-9-4-14-7-15-5-9/h3-7,10H,1-2,13H2,(H,16,18). The average molecular weight is 243 g/mol. The van der Waals surface area contributed by atoms with Gasteiger partial charge in [0.25, 0.3) is 5.91 Å². The lowest BCUT2D eigenvalue weighted by atomic mass is 10.3. The van der Waals surface area contributed by atoms with Crippen molar-refractivity contribution in [3.05, 3.63) is 36.7 Å². The first-order chi connectivity index (χ1) is 8.74. The predicted octanol–water partition coefficient (Wildman–Crippen LogP) is 1.45. The molecule has 0 saturated heterocycles. The number of anilines is 2. The van der Waals surface area contributed by atoms with Gasteiger partial charge in [0, 0.05) is 12.2 Å². The van der Waals surface area contributed by atoms with Crippen LogP contribution in [0.4, 0.5) is 11.4 Å². The molecule has 6 heteroatoms. The lowest BCUT2D eigenvalue weighted by Gasteiger charge is -2.07. The fourth-order valence-corrected chi connectivity index (χ4v) is 1.90. The van der Waals surface area contributed by atoms with Crippen molar-refractivity contribution in [3.63, 3.8) is 0 Å². The number of nitrogen functional groups attached to an aromatic ring is 1. The van der Waals surface area contributed by atoms with Crippen LogP contribution in [0.25, 0.3) is 0 Å². The van der Waals surface area contributed by atoms with E-state index in [0.717, 1.165) is 12.8 Å². The first kappa shape index (κ1) is 10.8. The monoisotopic (exact) mass is 243 g/mol. The Morgan fingerprint density at radius 1 is 1.39 bits per heavy atom. The van der Waals surface area contributed by atoms with Gasteiger partial charge >= 0.3 is 0 Å². The highest BCUT2D eigenvalue weighted by atomic mass is 16.2. The van der Waals surface area contributed by atoms with Crippen molar-refractivity contribution < 1.29 is 4.79 Å². The van der Waals surface area contributed by atoms with Crippen LogP contribution in [0.3, 0.4) is 0 Å². The fourth-order valence-electron chi connectivity index (χ4n) is 1.90. The van der Waals surface area contributed by atoms with Gasteiger partial charge in [-0.1, -0.05) is 0 Å². The van der Waals surface area contributed by atoms with Crippen LogP contribution in [0.1, 0.15) is 29.4 Å². The fraction of sp³-hybridized carbons (Fsp3) is 0.250. The Bertz CT molecular complexity index is 573. The molecule has 0 atom stereocenters. The van der Waals surface area contributed by atoms with Crippen molar-refractivity contribution in [1.29, 1.82) is 0 Å². The zero-order chi connectivity index (χ0) is 12.5. The summed E-state index contributed by atoms with van der Waals surface area (Å²) in [7, 11) is 0. The minimum atomic E-state index is -0.187. The van der Waals surface area contributed by atoms with Gasteiger partial charge in [-0.05, 0) is 18.9 Å². The molecule has 0 aliphatic heterocycles. The SMILES string of the molecule is Nc1cc(C(=O)Nc2cncnc2)n(C2CC2)c1. The van der Waals surface area contributed by atoms with E-state index < -0.39 is 0 Å². The van der Waals surface area contributed by atoms with Crippen LogP contribution in [0.15, 0.2) is 31.0 Å². The highest BCUT2D eigenvalue weighted by Crippen LogP contribution is 2.37. The highest BCUT2D eigenvalue weighted by molar-refractivity contribution is 6.03. The van der Waals surface area contributed by atoms with Crippen LogP contribution in [-0.4, -0.2) is 20.4 Å². The van der Waals surface area contributed by atoms with E-state index in [0.29, 0.717) is 23.1 Å². The van der Waals surface area contributed by atoms with Crippen LogP contribution in [0.2, 0.25) is 0 Å². The van der Waals surface area contributed by atoms with E-state index in [9.17, 15) is 4.79 Å². The predicted molar refractivity (Wildman–Crippen MR) is 67.1 cm³/mol. The number of rotatable bonds is 3. The Morgan fingerprint density at radius 3 is 2.78 bits per heavy atom. The summed E-state index contributed by atoms with van der Waals surface area (Å²) in [5.41, 5.74) is 7.51. The van der Waals surface area contributed by atoms with Gasteiger partial charge in [-0.15, -0.1) is 0 Å². The third-order valence-corrected chi connectivity index (χ3v) is 2.86. The summed E-state index contributed by atoms with van der Waals surface area (Å²) in [5, 5.41) is 2.75. The molecule has 1 amide bonds. The van der Waals surface area contributed by atoms with Gasteiger partial charge in [0.05, 0.1) is 23.8 Å². The van der Waals surface area contributed by atoms with E-state index in [2.05, 4.69) is 15.3 Å². The molecular formula is C12H13N5O. The average Bonchev–Trinajstić information content (AvgIpc) is 3.13. The lowest BCUT2D eigenvalue weighted by Crippen LogP contribution is -2.16. The summed E-state index contributed by atoms with van der Waals surface area (Å²) in [4.78, 5) is 19.8. The molecular weight excluding hydrogens is 230 g/mol. The maximum Gasteiger partial charge on any atom is 0.272 e. The number of nitrogens with zero attached hydrogens (tertiary/aromatic N) is 3. The van der Waals surface area contributed by atoms with Crippen LogP contribution < -0.4 is 11.1 Å². The molecule has 1 fully saturated rings. The number of carbonyl (C=O) groups is 1. The quantitative estimate of drug-likeness (QED) is 0.854. The Hall–Kier alpha value is -2.37. The lowest BCUT2D eigenvalue weighted by molar-refractivity contribution is 0.101. The minimum Gasteiger partial charge on any atom is -0.397 e. The van der Waals surface area contributed by atoms with Crippen molar-refractivity contribution >= 4 is 17.3 Å². The van der Waals surface area contributed by atoms with Gasteiger partial charge in [0.1, 0.15) is 12.0 Å². The van der Waals surface area contributed by atoms with Crippen LogP contribution in [0, 0.1) is 0 Å². The van der Waals surface area contributed by atoms with Crippen molar-refractivity contribution in [2.75, 3.05) is 11.1 Å². The first-order valence-corrected chi connectivity index (χ1v) is 5.78. The summed E-state index contributed by atoms with van der Waals surface area (Å²) in [5.74, 6) is -0.187. The molecule has 2 heterocycles. The van der Waals surface area contributed by atoms with Gasteiger partial charge < -0.3 is 15.6 Å². The molecule has 92 valence electrons. The summed E-state index contributed by atoms with van der Waals surface area (Å²) in [6.07, 6.45) is 8.54. The zero-order valence-electron chi connectivity index (χ0n) is 9.71. The highest BCUT2D eigenvalue weighted by Gasteiger charge is 2.27. The van der Waals surface area contributed by atoms with Crippen LogP contribution in [0.5, 0.6) is 0 Å². The molecule has 0 radical (unpaired) electrons. The summed E-state index contributed by atoms with van der Waals surface area (Å²) >= 11 is 0. The Morgan fingerprint density at radius 2 is 2.11 bits per heavy atom. The van der Waals surface area contributed by atoms with E-state index in [-0.39, 0.29) is 5.91 Å². The van der Waals surface area contributed by atoms with Crippen LogP contribution >= 0.6 is 0 Å². The molecule has 0 unspecified atom stereocenters. The number of nitrogens with two attached hydrogens (primary N) is 1. The summed E-state index contributed by atoms with van der Waals surface area (Å²) in [6, 6.07) is 2.10. The third kappa shape index (κ3) is 2.04.